The van der Waals surface area contributed by atoms with Gasteiger partial charge in [0.1, 0.15) is 0 Å². The van der Waals surface area contributed by atoms with Gasteiger partial charge in [-0.05, 0) is 0 Å². The molecule has 0 fully saturated rings. The van der Waals surface area contributed by atoms with E-state index in [0.717, 1.165) is 0 Å². The highest BCUT2D eigenvalue weighted by molar-refractivity contribution is 5.15. The average molecular weight is 70.1 g/mol. The molecule has 0 spiro atoms. The van der Waals surface area contributed by atoms with Crippen LogP contribution in [0.5, 0.6) is 0 Å². The van der Waals surface area contributed by atoms with Gasteiger partial charge in [-0.2, -0.15) is 4.74 Å². The molecule has 0 aliphatic carbocycles. The molecule has 26 valence electrons. The van der Waals surface area contributed by atoms with Gasteiger partial charge in [0, 0.05) is 0 Å². The number of nitrogens with zero attached hydrogens (tertiary/aromatic N) is 2. The summed E-state index contributed by atoms with van der Waals surface area (Å²) in [5.74, 6) is 0. The van der Waals surface area contributed by atoms with Gasteiger partial charge in [-0.3, -0.25) is 0 Å². The predicted molar refractivity (Wildman–Crippen MR) is 16.4 cm³/mol. The molecule has 0 aliphatic rings. The lowest BCUT2D eigenvalue weighted by Gasteiger charge is -1.82. The number of hydrogen-bond acceptors (Lipinski definition) is 2. The maximum absolute atomic E-state index is 9.26. The van der Waals surface area contributed by atoms with Crippen molar-refractivity contribution in [2.75, 3.05) is 0 Å². The van der Waals surface area contributed by atoms with E-state index < -0.39 is 0 Å². The van der Waals surface area contributed by atoms with Gasteiger partial charge in [-0.15, -0.1) is 0 Å². The molecule has 0 aromatic rings. The zero-order valence-electron chi connectivity index (χ0n) is 2.51. The Balaban J connectivity index is 3.35. The first-order chi connectivity index (χ1) is 2.27. The zero-order chi connectivity index (χ0) is 4.28. The molecule has 0 amide bonds. The first-order valence-corrected chi connectivity index (χ1v) is 0.946. The summed E-state index contributed by atoms with van der Waals surface area (Å²) in [6, 6.07) is 0. The molecule has 0 bridgehead atoms. The third kappa shape index (κ3) is 2.96. The Morgan fingerprint density at radius 1 is 2.00 bits per heavy atom. The third-order valence-electron chi connectivity index (χ3n) is 0.112. The van der Waals surface area contributed by atoms with Crippen molar-refractivity contribution in [3.8, 4) is 6.19 Å². The van der Waals surface area contributed by atoms with E-state index in [1.807, 2.05) is 0 Å². The number of hydrogen-bond donors (Lipinski definition) is 0. The van der Waals surface area contributed by atoms with Crippen LogP contribution in [-0.2, 0) is 0 Å². The van der Waals surface area contributed by atoms with E-state index in [-0.39, 0.29) is 4.74 Å². The zero-order valence-corrected chi connectivity index (χ0v) is 2.51. The molecule has 0 saturated heterocycles. The second-order valence-corrected chi connectivity index (χ2v) is 0.479. The van der Waals surface area contributed by atoms with Crippen molar-refractivity contribution in [2.24, 2.45) is 0 Å². The minimum absolute atomic E-state index is 0.0694. The first kappa shape index (κ1) is 3.96. The predicted octanol–water partition coefficient (Wildman–Crippen LogP) is -0.322. The number of nitriles is 1. The van der Waals surface area contributed by atoms with Gasteiger partial charge >= 0.3 is 6.19 Å². The summed E-state index contributed by atoms with van der Waals surface area (Å²) >= 11 is 0. The molecule has 0 N–H and O–H groups in total. The van der Waals surface area contributed by atoms with Gasteiger partial charge in [0.2, 0.25) is 0 Å². The SMILES string of the molecule is C=[N+]([O-])C#N. The normalized spacial score (nSPS) is 5.40. The lowest BCUT2D eigenvalue weighted by Crippen LogP contribution is -1.82. The highest BCUT2D eigenvalue weighted by Gasteiger charge is 1.63. The molecule has 0 aromatic heterocycles. The molecule has 0 heterocycles. The maximum Gasteiger partial charge on any atom is 0.461 e. The molecule has 0 rings (SSSR count). The summed E-state index contributed by atoms with van der Waals surface area (Å²) in [5, 5.41) is 16.7. The van der Waals surface area contributed by atoms with Gasteiger partial charge in [-0.1, -0.05) is 0 Å². The molecule has 0 saturated carbocycles. The highest BCUT2D eigenvalue weighted by atomic mass is 16.5. The van der Waals surface area contributed by atoms with Crippen LogP contribution >= 0.6 is 0 Å². The molecule has 0 radical (unpaired) electrons. The minimum atomic E-state index is -0.0694. The summed E-state index contributed by atoms with van der Waals surface area (Å²) in [6.45, 7) is 2.67. The monoisotopic (exact) mass is 70.0 g/mol. The van der Waals surface area contributed by atoms with Crippen LogP contribution in [0.25, 0.3) is 0 Å². The van der Waals surface area contributed by atoms with Crippen LogP contribution in [0.15, 0.2) is 0 Å². The summed E-state index contributed by atoms with van der Waals surface area (Å²) in [7, 11) is 0. The fourth-order valence-corrected chi connectivity index (χ4v) is 0. The molecular formula is C2H2N2O. The van der Waals surface area contributed by atoms with Crippen molar-refractivity contribution >= 4 is 6.72 Å². The molecule has 3 heteroatoms. The van der Waals surface area contributed by atoms with Crippen molar-refractivity contribution in [1.82, 2.24) is 0 Å². The summed E-state index contributed by atoms with van der Waals surface area (Å²) in [6.07, 6.45) is 1.19. The van der Waals surface area contributed by atoms with Crippen molar-refractivity contribution in [3.05, 3.63) is 5.21 Å². The minimum Gasteiger partial charge on any atom is -0.703 e. The number of rotatable bonds is 0. The third-order valence-corrected chi connectivity index (χ3v) is 0.112. The lowest BCUT2D eigenvalue weighted by atomic mass is 11.3. The maximum atomic E-state index is 9.26. The van der Waals surface area contributed by atoms with Gasteiger partial charge in [0.05, 0.1) is 6.72 Å². The molecule has 5 heavy (non-hydrogen) atoms. The quantitative estimate of drug-likeness (QED) is 0.0978. The largest absolute Gasteiger partial charge is 0.703 e. The lowest BCUT2D eigenvalue weighted by molar-refractivity contribution is -0.347. The standard InChI is InChI=1S/C2H2N2O/c1-4(5)2-3/h1H2. The number of hydroxylamine groups is 1. The highest BCUT2D eigenvalue weighted by Crippen LogP contribution is 1.46. The molecule has 0 unspecified atom stereocenters. The molecular weight excluding hydrogens is 68.0 g/mol. The van der Waals surface area contributed by atoms with Crippen LogP contribution in [0.3, 0.4) is 0 Å². The summed E-state index contributed by atoms with van der Waals surface area (Å²) in [5.41, 5.74) is 0. The van der Waals surface area contributed by atoms with Crippen LogP contribution < -0.4 is 0 Å². The van der Waals surface area contributed by atoms with Gasteiger partial charge in [-0.25, -0.2) is 0 Å². The fourth-order valence-electron chi connectivity index (χ4n) is 0. The van der Waals surface area contributed by atoms with E-state index in [4.69, 9.17) is 5.26 Å². The van der Waals surface area contributed by atoms with E-state index in [0.29, 0.717) is 0 Å². The van der Waals surface area contributed by atoms with Crippen molar-refractivity contribution < 1.29 is 4.74 Å². The van der Waals surface area contributed by atoms with Crippen LogP contribution in [0.1, 0.15) is 0 Å². The molecule has 0 aromatic carbocycles. The Bertz CT molecular complexity index is 80.1. The molecule has 3 nitrogen and oxygen atoms in total. The topological polar surface area (TPSA) is 49.9 Å². The Labute approximate surface area is 29.4 Å². The van der Waals surface area contributed by atoms with Crippen LogP contribution in [0.2, 0.25) is 0 Å². The second kappa shape index (κ2) is 1.30. The van der Waals surface area contributed by atoms with Crippen LogP contribution in [0.4, 0.5) is 0 Å². The molecule has 0 atom stereocenters. The van der Waals surface area contributed by atoms with E-state index in [9.17, 15) is 5.21 Å². The van der Waals surface area contributed by atoms with Crippen molar-refractivity contribution in [1.29, 1.82) is 5.26 Å². The van der Waals surface area contributed by atoms with Gasteiger partial charge < -0.3 is 5.21 Å². The van der Waals surface area contributed by atoms with Gasteiger partial charge in [0.25, 0.3) is 0 Å². The van der Waals surface area contributed by atoms with E-state index in [2.05, 4.69) is 6.72 Å². The summed E-state index contributed by atoms with van der Waals surface area (Å²) < 4.78 is -0.0694. The van der Waals surface area contributed by atoms with Gasteiger partial charge in [0.15, 0.2) is 5.26 Å². The smallest absolute Gasteiger partial charge is 0.461 e. The summed E-state index contributed by atoms with van der Waals surface area (Å²) in [4.78, 5) is 0. The van der Waals surface area contributed by atoms with E-state index >= 15 is 0 Å². The van der Waals surface area contributed by atoms with E-state index in [1.54, 1.807) is 0 Å². The fraction of sp³-hybridized carbons (Fsp3) is 0. The van der Waals surface area contributed by atoms with Crippen molar-refractivity contribution in [3.63, 3.8) is 0 Å². The average Bonchev–Trinajstić information content (AvgIpc) is 1.38. The van der Waals surface area contributed by atoms with Crippen molar-refractivity contribution in [2.45, 2.75) is 0 Å². The Morgan fingerprint density at radius 3 is 2.20 bits per heavy atom. The van der Waals surface area contributed by atoms with Crippen LogP contribution in [0, 0.1) is 16.7 Å². The Kier molecular flexibility index (Phi) is 1.03. The first-order valence-electron chi connectivity index (χ1n) is 0.946. The van der Waals surface area contributed by atoms with Crippen LogP contribution in [-0.4, -0.2) is 11.5 Å². The second-order valence-electron chi connectivity index (χ2n) is 0.479. The van der Waals surface area contributed by atoms with E-state index in [1.165, 1.54) is 6.19 Å². The Hall–Kier alpha value is -1.04. The molecule has 0 aliphatic heterocycles. The Morgan fingerprint density at radius 2 is 2.20 bits per heavy atom.